The molecule has 0 bridgehead atoms. The minimum atomic E-state index is -0.310. The van der Waals surface area contributed by atoms with Crippen LogP contribution >= 0.6 is 0 Å². The molecule has 0 spiro atoms. The van der Waals surface area contributed by atoms with Gasteiger partial charge in [0.15, 0.2) is 0 Å². The highest BCUT2D eigenvalue weighted by Gasteiger charge is 2.29. The van der Waals surface area contributed by atoms with Crippen LogP contribution in [0.4, 0.5) is 10.1 Å². The van der Waals surface area contributed by atoms with Gasteiger partial charge in [-0.1, -0.05) is 6.07 Å². The molecule has 2 rings (SSSR count). The lowest BCUT2D eigenvalue weighted by Gasteiger charge is -2.31. The number of hydrogen-bond donors (Lipinski definition) is 1. The molecule has 1 fully saturated rings. The van der Waals surface area contributed by atoms with E-state index in [9.17, 15) is 9.18 Å². The van der Waals surface area contributed by atoms with E-state index in [1.54, 1.807) is 17.0 Å². The minimum Gasteiger partial charge on any atom is -0.315 e. The van der Waals surface area contributed by atoms with Crippen molar-refractivity contribution in [2.75, 3.05) is 24.5 Å². The third-order valence-corrected chi connectivity index (χ3v) is 2.83. The molecule has 0 atom stereocenters. The maximum absolute atomic E-state index is 13.1. The number of anilines is 1. The molecule has 0 unspecified atom stereocenters. The molecule has 1 N–H and O–H groups in total. The molecular weight excluding hydrogens is 207 g/mol. The summed E-state index contributed by atoms with van der Waals surface area (Å²) < 4.78 is 13.1. The van der Waals surface area contributed by atoms with Crippen molar-refractivity contribution in [3.05, 3.63) is 30.1 Å². The Balaban J connectivity index is 2.18. The number of rotatable bonds is 3. The Morgan fingerprint density at radius 1 is 1.56 bits per heavy atom. The molecule has 1 aliphatic heterocycles. The summed E-state index contributed by atoms with van der Waals surface area (Å²) in [5.74, 6) is -0.189. The van der Waals surface area contributed by atoms with Gasteiger partial charge < -0.3 is 10.2 Å². The molecule has 0 aromatic heterocycles. The topological polar surface area (TPSA) is 32.3 Å². The summed E-state index contributed by atoms with van der Waals surface area (Å²) in [4.78, 5) is 13.7. The zero-order valence-electron chi connectivity index (χ0n) is 9.24. The van der Waals surface area contributed by atoms with Crippen molar-refractivity contribution in [1.82, 2.24) is 5.32 Å². The van der Waals surface area contributed by atoms with Gasteiger partial charge in [0.05, 0.1) is 5.92 Å². The number of benzene rings is 1. The van der Waals surface area contributed by atoms with E-state index in [2.05, 4.69) is 5.32 Å². The van der Waals surface area contributed by atoms with Gasteiger partial charge in [-0.2, -0.15) is 0 Å². The first-order valence-corrected chi connectivity index (χ1v) is 5.50. The Hall–Kier alpha value is -1.42. The van der Waals surface area contributed by atoms with Crippen molar-refractivity contribution in [1.29, 1.82) is 0 Å². The lowest BCUT2D eigenvalue weighted by Crippen LogP contribution is -2.52. The van der Waals surface area contributed by atoms with E-state index in [0.29, 0.717) is 12.2 Å². The summed E-state index contributed by atoms with van der Waals surface area (Å²) in [6.07, 6.45) is 0. The van der Waals surface area contributed by atoms with E-state index < -0.39 is 0 Å². The van der Waals surface area contributed by atoms with Crippen molar-refractivity contribution in [2.24, 2.45) is 5.92 Å². The van der Waals surface area contributed by atoms with Crippen LogP contribution < -0.4 is 10.2 Å². The summed E-state index contributed by atoms with van der Waals surface area (Å²) in [5.41, 5.74) is 0.638. The standard InChI is InChI=1S/C12H15FN2O/c1-2-15(12(16)9-7-14-8-9)11-5-3-4-10(13)6-11/h3-6,9,14H,2,7-8H2,1H3. The fourth-order valence-corrected chi connectivity index (χ4v) is 1.79. The first-order chi connectivity index (χ1) is 7.72. The van der Waals surface area contributed by atoms with Gasteiger partial charge >= 0.3 is 0 Å². The van der Waals surface area contributed by atoms with Gasteiger partial charge in [-0.25, -0.2) is 4.39 Å². The second-order valence-electron chi connectivity index (χ2n) is 3.92. The Morgan fingerprint density at radius 3 is 2.81 bits per heavy atom. The normalized spacial score (nSPS) is 15.6. The third kappa shape index (κ3) is 2.07. The number of carbonyl (C=O) groups is 1. The SMILES string of the molecule is CCN(C(=O)C1CNC1)c1cccc(F)c1. The highest BCUT2D eigenvalue weighted by molar-refractivity contribution is 5.95. The van der Waals surface area contributed by atoms with Gasteiger partial charge in [0.25, 0.3) is 0 Å². The van der Waals surface area contributed by atoms with Gasteiger partial charge in [-0.05, 0) is 25.1 Å². The Labute approximate surface area is 94.3 Å². The van der Waals surface area contributed by atoms with Gasteiger partial charge in [-0.3, -0.25) is 4.79 Å². The Kier molecular flexibility index (Phi) is 3.19. The molecule has 1 aromatic carbocycles. The lowest BCUT2D eigenvalue weighted by atomic mass is 10.0. The van der Waals surface area contributed by atoms with Crippen molar-refractivity contribution in [3.8, 4) is 0 Å². The number of carbonyl (C=O) groups excluding carboxylic acids is 1. The second-order valence-corrected chi connectivity index (χ2v) is 3.92. The lowest BCUT2D eigenvalue weighted by molar-refractivity contribution is -0.123. The molecule has 3 nitrogen and oxygen atoms in total. The smallest absolute Gasteiger partial charge is 0.232 e. The summed E-state index contributed by atoms with van der Waals surface area (Å²) in [6, 6.07) is 6.16. The molecule has 16 heavy (non-hydrogen) atoms. The second kappa shape index (κ2) is 4.61. The van der Waals surface area contributed by atoms with E-state index in [4.69, 9.17) is 0 Å². The van der Waals surface area contributed by atoms with E-state index in [1.807, 2.05) is 6.92 Å². The molecule has 0 saturated carbocycles. The van der Waals surface area contributed by atoms with Crippen LogP contribution in [0.1, 0.15) is 6.92 Å². The van der Waals surface area contributed by atoms with Gasteiger partial charge in [0, 0.05) is 25.3 Å². The largest absolute Gasteiger partial charge is 0.315 e. The maximum Gasteiger partial charge on any atom is 0.232 e. The van der Waals surface area contributed by atoms with Crippen molar-refractivity contribution in [3.63, 3.8) is 0 Å². The number of nitrogens with one attached hydrogen (secondary N) is 1. The van der Waals surface area contributed by atoms with Crippen LogP contribution in [-0.4, -0.2) is 25.5 Å². The van der Waals surface area contributed by atoms with Crippen LogP contribution in [0.25, 0.3) is 0 Å². The van der Waals surface area contributed by atoms with Gasteiger partial charge in [-0.15, -0.1) is 0 Å². The third-order valence-electron chi connectivity index (χ3n) is 2.83. The van der Waals surface area contributed by atoms with Crippen LogP contribution in [0.3, 0.4) is 0 Å². The van der Waals surface area contributed by atoms with Crippen LogP contribution in [0.2, 0.25) is 0 Å². The molecule has 1 heterocycles. The fraction of sp³-hybridized carbons (Fsp3) is 0.417. The van der Waals surface area contributed by atoms with E-state index >= 15 is 0 Å². The highest BCUT2D eigenvalue weighted by Crippen LogP contribution is 2.19. The molecular formula is C12H15FN2O. The molecule has 1 saturated heterocycles. The number of nitrogens with zero attached hydrogens (tertiary/aromatic N) is 1. The summed E-state index contributed by atoms with van der Waals surface area (Å²) in [5, 5.41) is 3.06. The zero-order valence-corrected chi connectivity index (χ0v) is 9.24. The molecule has 1 amide bonds. The zero-order chi connectivity index (χ0) is 11.5. The van der Waals surface area contributed by atoms with Crippen LogP contribution in [0.5, 0.6) is 0 Å². The monoisotopic (exact) mass is 222 g/mol. The number of halogens is 1. The van der Waals surface area contributed by atoms with Crippen molar-refractivity contribution in [2.45, 2.75) is 6.92 Å². The highest BCUT2D eigenvalue weighted by atomic mass is 19.1. The average Bonchev–Trinajstić information content (AvgIpc) is 2.16. The first-order valence-electron chi connectivity index (χ1n) is 5.50. The average molecular weight is 222 g/mol. The first kappa shape index (κ1) is 11.1. The van der Waals surface area contributed by atoms with Crippen molar-refractivity contribution >= 4 is 11.6 Å². The number of amides is 1. The van der Waals surface area contributed by atoms with Crippen LogP contribution in [0, 0.1) is 11.7 Å². The predicted octanol–water partition coefficient (Wildman–Crippen LogP) is 1.40. The molecule has 86 valence electrons. The predicted molar refractivity (Wildman–Crippen MR) is 60.8 cm³/mol. The fourth-order valence-electron chi connectivity index (χ4n) is 1.79. The number of hydrogen-bond acceptors (Lipinski definition) is 2. The molecule has 1 aliphatic rings. The van der Waals surface area contributed by atoms with E-state index in [1.165, 1.54) is 12.1 Å². The summed E-state index contributed by atoms with van der Waals surface area (Å²) >= 11 is 0. The van der Waals surface area contributed by atoms with E-state index in [-0.39, 0.29) is 17.6 Å². The van der Waals surface area contributed by atoms with Gasteiger partial charge in [0.2, 0.25) is 5.91 Å². The molecule has 0 aliphatic carbocycles. The summed E-state index contributed by atoms with van der Waals surface area (Å²) in [6.45, 7) is 3.92. The quantitative estimate of drug-likeness (QED) is 0.838. The van der Waals surface area contributed by atoms with Crippen LogP contribution in [0.15, 0.2) is 24.3 Å². The molecule has 1 aromatic rings. The van der Waals surface area contributed by atoms with Crippen LogP contribution in [-0.2, 0) is 4.79 Å². The Morgan fingerprint density at radius 2 is 2.31 bits per heavy atom. The molecule has 4 heteroatoms. The summed E-state index contributed by atoms with van der Waals surface area (Å²) in [7, 11) is 0. The van der Waals surface area contributed by atoms with Crippen molar-refractivity contribution < 1.29 is 9.18 Å². The Bertz CT molecular complexity index is 390. The molecule has 0 radical (unpaired) electrons. The van der Waals surface area contributed by atoms with E-state index in [0.717, 1.165) is 13.1 Å². The minimum absolute atomic E-state index is 0.0446. The maximum atomic E-state index is 13.1. The van der Waals surface area contributed by atoms with Gasteiger partial charge in [0.1, 0.15) is 5.82 Å².